The topological polar surface area (TPSA) is 55.2 Å². The van der Waals surface area contributed by atoms with Gasteiger partial charge in [-0.25, -0.2) is 0 Å². The standard InChI is InChI=1S/C19H25N5OS/c1-4-23(5-2)18-21-22-19(26-18)24-12-8-10-16(24)14-20-13-15-9-6-7-11-17(15)25-3/h6-12,20H,4-5,13-14H2,1-3H3. The summed E-state index contributed by atoms with van der Waals surface area (Å²) in [6.45, 7) is 7.62. The highest BCUT2D eigenvalue weighted by Crippen LogP contribution is 2.24. The van der Waals surface area contributed by atoms with Crippen LogP contribution in [0.25, 0.3) is 5.13 Å². The van der Waals surface area contributed by atoms with E-state index in [0.717, 1.165) is 53.4 Å². The maximum absolute atomic E-state index is 5.41. The van der Waals surface area contributed by atoms with Crippen LogP contribution < -0.4 is 15.0 Å². The summed E-state index contributed by atoms with van der Waals surface area (Å²) in [5.74, 6) is 0.906. The number of methoxy groups -OCH3 is 1. The molecule has 26 heavy (non-hydrogen) atoms. The van der Waals surface area contributed by atoms with Crippen molar-refractivity contribution in [3.8, 4) is 10.9 Å². The predicted molar refractivity (Wildman–Crippen MR) is 106 cm³/mol. The number of rotatable bonds is 9. The van der Waals surface area contributed by atoms with Crippen LogP contribution in [0.2, 0.25) is 0 Å². The van der Waals surface area contributed by atoms with E-state index in [1.807, 2.05) is 30.5 Å². The third kappa shape index (κ3) is 4.05. The zero-order chi connectivity index (χ0) is 18.4. The molecule has 3 rings (SSSR count). The first-order valence-corrected chi connectivity index (χ1v) is 9.66. The Hall–Kier alpha value is -2.38. The van der Waals surface area contributed by atoms with Gasteiger partial charge >= 0.3 is 0 Å². The molecule has 138 valence electrons. The molecule has 0 aliphatic rings. The molecule has 0 saturated carbocycles. The summed E-state index contributed by atoms with van der Waals surface area (Å²) in [6.07, 6.45) is 2.03. The molecule has 0 unspecified atom stereocenters. The highest BCUT2D eigenvalue weighted by Gasteiger charge is 2.12. The fourth-order valence-corrected chi connectivity index (χ4v) is 3.84. The summed E-state index contributed by atoms with van der Waals surface area (Å²) in [5, 5.41) is 14.1. The second kappa shape index (κ2) is 8.82. The Bertz CT molecular complexity index is 825. The fourth-order valence-electron chi connectivity index (χ4n) is 2.85. The molecule has 0 radical (unpaired) electrons. The van der Waals surface area contributed by atoms with Crippen molar-refractivity contribution >= 4 is 16.5 Å². The third-order valence-corrected chi connectivity index (χ3v) is 5.27. The van der Waals surface area contributed by atoms with Crippen LogP contribution in [0.1, 0.15) is 25.1 Å². The molecule has 0 bridgehead atoms. The summed E-state index contributed by atoms with van der Waals surface area (Å²) in [6, 6.07) is 12.2. The van der Waals surface area contributed by atoms with Crippen LogP contribution in [0.3, 0.4) is 0 Å². The van der Waals surface area contributed by atoms with Gasteiger partial charge in [-0.1, -0.05) is 29.5 Å². The SMILES string of the molecule is CCN(CC)c1nnc(-n2cccc2CNCc2ccccc2OC)s1. The Balaban J connectivity index is 1.67. The monoisotopic (exact) mass is 371 g/mol. The average Bonchev–Trinajstić information content (AvgIpc) is 3.32. The fraction of sp³-hybridized carbons (Fsp3) is 0.368. The number of para-hydroxylation sites is 1. The quantitative estimate of drug-likeness (QED) is 0.624. The molecule has 0 amide bonds. The normalized spacial score (nSPS) is 10.9. The lowest BCUT2D eigenvalue weighted by atomic mass is 10.2. The van der Waals surface area contributed by atoms with Gasteiger partial charge in [0, 0.05) is 43.6 Å². The number of hydrogen-bond acceptors (Lipinski definition) is 6. The van der Waals surface area contributed by atoms with Crippen LogP contribution in [0.15, 0.2) is 42.6 Å². The van der Waals surface area contributed by atoms with E-state index in [-0.39, 0.29) is 0 Å². The van der Waals surface area contributed by atoms with Gasteiger partial charge in [0.1, 0.15) is 5.75 Å². The van der Waals surface area contributed by atoms with Gasteiger partial charge in [0.05, 0.1) is 7.11 Å². The molecule has 2 aromatic heterocycles. The van der Waals surface area contributed by atoms with E-state index >= 15 is 0 Å². The van der Waals surface area contributed by atoms with E-state index in [0.29, 0.717) is 0 Å². The molecule has 3 aromatic rings. The van der Waals surface area contributed by atoms with E-state index < -0.39 is 0 Å². The highest BCUT2D eigenvalue weighted by atomic mass is 32.1. The van der Waals surface area contributed by atoms with Crippen molar-refractivity contribution in [2.75, 3.05) is 25.1 Å². The predicted octanol–water partition coefficient (Wildman–Crippen LogP) is 3.47. The van der Waals surface area contributed by atoms with Crippen LogP contribution in [0.5, 0.6) is 5.75 Å². The molecule has 1 aromatic carbocycles. The molecular formula is C19H25N5OS. The molecule has 0 atom stereocenters. The van der Waals surface area contributed by atoms with Gasteiger partial charge in [0.15, 0.2) is 0 Å². The van der Waals surface area contributed by atoms with Gasteiger partial charge in [-0.05, 0) is 32.0 Å². The average molecular weight is 372 g/mol. The summed E-state index contributed by atoms with van der Waals surface area (Å²) < 4.78 is 7.50. The molecule has 7 heteroatoms. The van der Waals surface area contributed by atoms with E-state index in [4.69, 9.17) is 4.74 Å². The number of benzene rings is 1. The summed E-state index contributed by atoms with van der Waals surface area (Å²) in [5.41, 5.74) is 2.30. The number of ether oxygens (including phenoxy) is 1. The molecular weight excluding hydrogens is 346 g/mol. The second-order valence-corrected chi connectivity index (χ2v) is 6.76. The van der Waals surface area contributed by atoms with E-state index in [1.54, 1.807) is 18.4 Å². The second-order valence-electron chi connectivity index (χ2n) is 5.82. The number of nitrogens with zero attached hydrogens (tertiary/aromatic N) is 4. The minimum atomic E-state index is 0.741. The van der Waals surface area contributed by atoms with Gasteiger partial charge < -0.3 is 15.0 Å². The Kier molecular flexibility index (Phi) is 6.25. The first-order chi connectivity index (χ1) is 12.8. The van der Waals surface area contributed by atoms with E-state index in [1.165, 1.54) is 0 Å². The van der Waals surface area contributed by atoms with Crippen LogP contribution in [0, 0.1) is 0 Å². The summed E-state index contributed by atoms with van der Waals surface area (Å²) in [7, 11) is 1.70. The van der Waals surface area contributed by atoms with Crippen LogP contribution in [-0.4, -0.2) is 35.0 Å². The molecule has 0 fully saturated rings. The summed E-state index contributed by atoms with van der Waals surface area (Å²) >= 11 is 1.62. The molecule has 2 heterocycles. The van der Waals surface area contributed by atoms with Gasteiger partial charge in [0.2, 0.25) is 10.3 Å². The molecule has 1 N–H and O–H groups in total. The number of anilines is 1. The minimum Gasteiger partial charge on any atom is -0.496 e. The third-order valence-electron chi connectivity index (χ3n) is 4.29. The minimum absolute atomic E-state index is 0.741. The molecule has 0 aliphatic carbocycles. The van der Waals surface area contributed by atoms with Crippen molar-refractivity contribution < 1.29 is 4.74 Å². The lowest BCUT2D eigenvalue weighted by Gasteiger charge is -2.15. The van der Waals surface area contributed by atoms with E-state index in [2.05, 4.69) is 51.0 Å². The highest BCUT2D eigenvalue weighted by molar-refractivity contribution is 7.17. The Labute approximate surface area is 158 Å². The zero-order valence-electron chi connectivity index (χ0n) is 15.5. The Morgan fingerprint density at radius 1 is 1.08 bits per heavy atom. The van der Waals surface area contributed by atoms with Gasteiger partial charge in [-0.2, -0.15) is 0 Å². The molecule has 0 aliphatic heterocycles. The lowest BCUT2D eigenvalue weighted by molar-refractivity contribution is 0.407. The van der Waals surface area contributed by atoms with Crippen molar-refractivity contribution in [3.05, 3.63) is 53.9 Å². The molecule has 6 nitrogen and oxygen atoms in total. The van der Waals surface area contributed by atoms with Gasteiger partial charge in [-0.3, -0.25) is 4.57 Å². The zero-order valence-corrected chi connectivity index (χ0v) is 16.3. The maximum Gasteiger partial charge on any atom is 0.218 e. The number of nitrogens with one attached hydrogen (secondary N) is 1. The Morgan fingerprint density at radius 2 is 1.88 bits per heavy atom. The van der Waals surface area contributed by atoms with Crippen LogP contribution in [0.4, 0.5) is 5.13 Å². The van der Waals surface area contributed by atoms with Crippen molar-refractivity contribution in [2.45, 2.75) is 26.9 Å². The first kappa shape index (κ1) is 18.4. The van der Waals surface area contributed by atoms with Crippen molar-refractivity contribution in [2.24, 2.45) is 0 Å². The van der Waals surface area contributed by atoms with Crippen molar-refractivity contribution in [1.29, 1.82) is 0 Å². The van der Waals surface area contributed by atoms with Crippen molar-refractivity contribution in [3.63, 3.8) is 0 Å². The molecule has 0 saturated heterocycles. The number of hydrogen-bond donors (Lipinski definition) is 1. The van der Waals surface area contributed by atoms with E-state index in [9.17, 15) is 0 Å². The summed E-state index contributed by atoms with van der Waals surface area (Å²) in [4.78, 5) is 2.21. The van der Waals surface area contributed by atoms with Crippen molar-refractivity contribution in [1.82, 2.24) is 20.1 Å². The lowest BCUT2D eigenvalue weighted by Crippen LogP contribution is -2.21. The van der Waals surface area contributed by atoms with Crippen LogP contribution >= 0.6 is 11.3 Å². The van der Waals surface area contributed by atoms with Gasteiger partial charge in [-0.15, -0.1) is 10.2 Å². The van der Waals surface area contributed by atoms with Gasteiger partial charge in [0.25, 0.3) is 0 Å². The maximum atomic E-state index is 5.41. The number of aromatic nitrogens is 3. The smallest absolute Gasteiger partial charge is 0.218 e. The largest absolute Gasteiger partial charge is 0.496 e. The first-order valence-electron chi connectivity index (χ1n) is 8.84. The van der Waals surface area contributed by atoms with Crippen LogP contribution in [-0.2, 0) is 13.1 Å². The molecule has 0 spiro atoms. The Morgan fingerprint density at radius 3 is 2.65 bits per heavy atom.